The van der Waals surface area contributed by atoms with E-state index in [1.165, 1.54) is 12.1 Å². The zero-order chi connectivity index (χ0) is 20.8. The summed E-state index contributed by atoms with van der Waals surface area (Å²) in [5.41, 5.74) is 2.04. The van der Waals surface area contributed by atoms with Gasteiger partial charge in [-0.3, -0.25) is 4.68 Å². The van der Waals surface area contributed by atoms with E-state index >= 15 is 0 Å². The molecule has 1 heterocycles. The van der Waals surface area contributed by atoms with Crippen molar-refractivity contribution in [3.05, 3.63) is 76.7 Å². The minimum absolute atomic E-state index is 0.290. The van der Waals surface area contributed by atoms with Gasteiger partial charge in [-0.1, -0.05) is 23.7 Å². The van der Waals surface area contributed by atoms with Gasteiger partial charge in [-0.25, -0.2) is 9.18 Å². The number of rotatable bonds is 6. The van der Waals surface area contributed by atoms with Crippen LogP contribution in [-0.4, -0.2) is 27.5 Å². The SMILES string of the molecule is CCOC(=O)c1ccc(NC(=S)Nc2nn(Cc3ccc(F)cc3)cc2Cl)cc1. The highest BCUT2D eigenvalue weighted by molar-refractivity contribution is 7.80. The van der Waals surface area contributed by atoms with Crippen LogP contribution in [0.1, 0.15) is 22.8 Å². The molecular weight excluding hydrogens is 415 g/mol. The number of esters is 1. The second-order valence-corrected chi connectivity index (χ2v) is 6.84. The minimum atomic E-state index is -0.377. The predicted octanol–water partition coefficient (Wildman–Crippen LogP) is 4.71. The van der Waals surface area contributed by atoms with E-state index in [0.29, 0.717) is 40.4 Å². The van der Waals surface area contributed by atoms with E-state index in [4.69, 9.17) is 28.6 Å². The van der Waals surface area contributed by atoms with Crippen LogP contribution in [0.3, 0.4) is 0 Å². The Labute approximate surface area is 177 Å². The van der Waals surface area contributed by atoms with Crippen LogP contribution in [0.2, 0.25) is 5.02 Å². The number of carbonyl (C=O) groups excluding carboxylic acids is 1. The van der Waals surface area contributed by atoms with Crippen molar-refractivity contribution in [3.63, 3.8) is 0 Å². The number of anilines is 2. The topological polar surface area (TPSA) is 68.2 Å². The van der Waals surface area contributed by atoms with Crippen LogP contribution in [0.4, 0.5) is 15.9 Å². The number of thiocarbonyl (C=S) groups is 1. The summed E-state index contributed by atoms with van der Waals surface area (Å²) in [7, 11) is 0. The normalized spacial score (nSPS) is 10.4. The van der Waals surface area contributed by atoms with Gasteiger partial charge in [0.15, 0.2) is 10.9 Å². The molecule has 2 aromatic carbocycles. The molecule has 29 heavy (non-hydrogen) atoms. The van der Waals surface area contributed by atoms with Gasteiger partial charge < -0.3 is 15.4 Å². The maximum Gasteiger partial charge on any atom is 0.338 e. The first-order valence-corrected chi connectivity index (χ1v) is 9.56. The Kier molecular flexibility index (Phi) is 6.79. The number of ether oxygens (including phenoxy) is 1. The predicted molar refractivity (Wildman–Crippen MR) is 115 cm³/mol. The number of nitrogens with zero attached hydrogens (tertiary/aromatic N) is 2. The molecule has 0 saturated heterocycles. The Morgan fingerprint density at radius 1 is 1.17 bits per heavy atom. The summed E-state index contributed by atoms with van der Waals surface area (Å²) in [5.74, 6) is -0.269. The van der Waals surface area contributed by atoms with Crippen molar-refractivity contribution >= 4 is 46.4 Å². The van der Waals surface area contributed by atoms with Gasteiger partial charge in [-0.2, -0.15) is 5.10 Å². The van der Waals surface area contributed by atoms with E-state index in [1.54, 1.807) is 54.2 Å². The Morgan fingerprint density at radius 3 is 2.52 bits per heavy atom. The molecule has 0 atom stereocenters. The molecule has 0 aliphatic rings. The van der Waals surface area contributed by atoms with E-state index in [0.717, 1.165) is 5.56 Å². The molecule has 2 N–H and O–H groups in total. The summed E-state index contributed by atoms with van der Waals surface area (Å²) in [5, 5.41) is 11.0. The molecule has 1 aromatic heterocycles. The first kappa shape index (κ1) is 20.8. The molecule has 0 radical (unpaired) electrons. The van der Waals surface area contributed by atoms with Crippen molar-refractivity contribution in [1.29, 1.82) is 0 Å². The Balaban J connectivity index is 1.60. The molecule has 0 unspecified atom stereocenters. The van der Waals surface area contributed by atoms with Crippen LogP contribution in [0.15, 0.2) is 54.7 Å². The second-order valence-electron chi connectivity index (χ2n) is 6.03. The molecule has 0 spiro atoms. The zero-order valence-corrected chi connectivity index (χ0v) is 17.1. The molecule has 3 aromatic rings. The molecule has 0 bridgehead atoms. The van der Waals surface area contributed by atoms with Crippen molar-refractivity contribution in [2.75, 3.05) is 17.2 Å². The number of hydrogen-bond acceptors (Lipinski definition) is 4. The molecule has 0 aliphatic heterocycles. The lowest BCUT2D eigenvalue weighted by atomic mass is 10.2. The van der Waals surface area contributed by atoms with Crippen LogP contribution >= 0.6 is 23.8 Å². The average Bonchev–Trinajstić information content (AvgIpc) is 3.03. The van der Waals surface area contributed by atoms with E-state index in [2.05, 4.69) is 15.7 Å². The summed E-state index contributed by atoms with van der Waals surface area (Å²) in [4.78, 5) is 11.7. The second kappa shape index (κ2) is 9.49. The average molecular weight is 433 g/mol. The number of halogens is 2. The van der Waals surface area contributed by atoms with Crippen molar-refractivity contribution in [2.45, 2.75) is 13.5 Å². The van der Waals surface area contributed by atoms with Crippen LogP contribution in [0.25, 0.3) is 0 Å². The quantitative estimate of drug-likeness (QED) is 0.434. The summed E-state index contributed by atoms with van der Waals surface area (Å²) in [6, 6.07) is 12.9. The number of aromatic nitrogens is 2. The molecule has 0 amide bonds. The third kappa shape index (κ3) is 5.75. The van der Waals surface area contributed by atoms with Crippen LogP contribution in [0.5, 0.6) is 0 Å². The maximum absolute atomic E-state index is 13.0. The van der Waals surface area contributed by atoms with Gasteiger partial charge in [0.05, 0.1) is 18.7 Å². The van der Waals surface area contributed by atoms with Gasteiger partial charge in [0.1, 0.15) is 10.8 Å². The van der Waals surface area contributed by atoms with E-state index in [9.17, 15) is 9.18 Å². The minimum Gasteiger partial charge on any atom is -0.462 e. The van der Waals surface area contributed by atoms with Gasteiger partial charge in [0.25, 0.3) is 0 Å². The van der Waals surface area contributed by atoms with Gasteiger partial charge >= 0.3 is 5.97 Å². The summed E-state index contributed by atoms with van der Waals surface area (Å²) in [6.07, 6.45) is 1.66. The number of hydrogen-bond donors (Lipinski definition) is 2. The molecule has 9 heteroatoms. The van der Waals surface area contributed by atoms with E-state index in [1.807, 2.05) is 0 Å². The molecular formula is C20H18ClFN4O2S. The monoisotopic (exact) mass is 432 g/mol. The largest absolute Gasteiger partial charge is 0.462 e. The lowest BCUT2D eigenvalue weighted by Crippen LogP contribution is -2.20. The fraction of sp³-hybridized carbons (Fsp3) is 0.150. The lowest BCUT2D eigenvalue weighted by molar-refractivity contribution is 0.0526. The number of nitrogens with one attached hydrogen (secondary N) is 2. The smallest absolute Gasteiger partial charge is 0.338 e. The summed E-state index contributed by atoms with van der Waals surface area (Å²) >= 11 is 11.5. The third-order valence-corrected chi connectivity index (χ3v) is 4.34. The Morgan fingerprint density at radius 2 is 1.86 bits per heavy atom. The van der Waals surface area contributed by atoms with Crippen molar-refractivity contribution < 1.29 is 13.9 Å². The van der Waals surface area contributed by atoms with Gasteiger partial charge in [-0.05, 0) is 61.1 Å². The van der Waals surface area contributed by atoms with Gasteiger partial charge in [0.2, 0.25) is 0 Å². The van der Waals surface area contributed by atoms with Crippen LogP contribution < -0.4 is 10.6 Å². The molecule has 0 aliphatic carbocycles. The molecule has 0 fully saturated rings. The van der Waals surface area contributed by atoms with Gasteiger partial charge in [-0.15, -0.1) is 0 Å². The first-order chi connectivity index (χ1) is 13.9. The summed E-state index contributed by atoms with van der Waals surface area (Å²) in [6.45, 7) is 2.52. The third-order valence-electron chi connectivity index (χ3n) is 3.86. The fourth-order valence-corrected chi connectivity index (χ4v) is 2.93. The summed E-state index contributed by atoms with van der Waals surface area (Å²) < 4.78 is 19.6. The zero-order valence-electron chi connectivity index (χ0n) is 15.5. The van der Waals surface area contributed by atoms with Crippen molar-refractivity contribution in [1.82, 2.24) is 9.78 Å². The highest BCUT2D eigenvalue weighted by atomic mass is 35.5. The lowest BCUT2D eigenvalue weighted by Gasteiger charge is -2.09. The van der Waals surface area contributed by atoms with Crippen LogP contribution in [-0.2, 0) is 11.3 Å². The maximum atomic E-state index is 13.0. The molecule has 0 saturated carbocycles. The van der Waals surface area contributed by atoms with Crippen molar-refractivity contribution in [3.8, 4) is 0 Å². The number of benzene rings is 2. The van der Waals surface area contributed by atoms with Gasteiger partial charge in [0, 0.05) is 11.9 Å². The highest BCUT2D eigenvalue weighted by Crippen LogP contribution is 2.21. The van der Waals surface area contributed by atoms with Crippen molar-refractivity contribution in [2.24, 2.45) is 0 Å². The Bertz CT molecular complexity index is 1010. The van der Waals surface area contributed by atoms with E-state index < -0.39 is 0 Å². The van der Waals surface area contributed by atoms with E-state index in [-0.39, 0.29) is 11.8 Å². The first-order valence-electron chi connectivity index (χ1n) is 8.77. The fourth-order valence-electron chi connectivity index (χ4n) is 2.51. The highest BCUT2D eigenvalue weighted by Gasteiger charge is 2.10. The Hall–Kier alpha value is -2.97. The molecule has 3 rings (SSSR count). The van der Waals surface area contributed by atoms with Crippen LogP contribution in [0, 0.1) is 5.82 Å². The standard InChI is InChI=1S/C20H18ClFN4O2S/c1-2-28-19(27)14-5-9-16(10-6-14)23-20(29)24-18-17(21)12-26(25-18)11-13-3-7-15(22)8-4-13/h3-10,12H,2,11H2,1H3,(H2,23,24,25,29). The molecule has 150 valence electrons. The number of carbonyl (C=O) groups is 1. The molecule has 6 nitrogen and oxygen atoms in total.